The van der Waals surface area contributed by atoms with Gasteiger partial charge < -0.3 is 9.47 Å². The molecule has 0 aromatic heterocycles. The minimum Gasteiger partial charge on any atom is -0.463 e. The maximum absolute atomic E-state index is 10.9. The van der Waals surface area contributed by atoms with Gasteiger partial charge in [-0.3, -0.25) is 0 Å². The number of ether oxygens (including phenoxy) is 2. The van der Waals surface area contributed by atoms with Crippen LogP contribution in [0.2, 0.25) is 0 Å². The third-order valence-electron chi connectivity index (χ3n) is 1.87. The van der Waals surface area contributed by atoms with Gasteiger partial charge in [0, 0.05) is 6.08 Å². The van der Waals surface area contributed by atoms with Gasteiger partial charge in [-0.2, -0.15) is 0 Å². The lowest BCUT2D eigenvalue weighted by molar-refractivity contribution is -0.137. The molecule has 3 nitrogen and oxygen atoms in total. The van der Waals surface area contributed by atoms with Crippen LogP contribution in [0.15, 0.2) is 42.5 Å². The molecule has 0 amide bonds. The summed E-state index contributed by atoms with van der Waals surface area (Å²) in [6, 6.07) is 9.88. The fourth-order valence-electron chi connectivity index (χ4n) is 1.15. The monoisotopic (exact) mass is 220 g/mol. The first-order valence-corrected chi connectivity index (χ1v) is 5.28. The number of hydrogen-bond acceptors (Lipinski definition) is 3. The maximum Gasteiger partial charge on any atom is 0.330 e. The summed E-state index contributed by atoms with van der Waals surface area (Å²) in [5.41, 5.74) is 1.12. The van der Waals surface area contributed by atoms with Gasteiger partial charge in [0.05, 0.1) is 19.8 Å². The highest BCUT2D eigenvalue weighted by molar-refractivity contribution is 5.81. The van der Waals surface area contributed by atoms with Crippen LogP contribution in [0.5, 0.6) is 0 Å². The first-order valence-electron chi connectivity index (χ1n) is 5.28. The van der Waals surface area contributed by atoms with Gasteiger partial charge in [0.25, 0.3) is 0 Å². The Bertz CT molecular complexity index is 330. The molecule has 1 rings (SSSR count). The largest absolute Gasteiger partial charge is 0.463 e. The Balaban J connectivity index is 2.15. The molecule has 0 aliphatic heterocycles. The number of carbonyl (C=O) groups is 1. The summed E-state index contributed by atoms with van der Waals surface area (Å²) in [7, 11) is 0. The molecule has 0 fully saturated rings. The second-order valence-corrected chi connectivity index (χ2v) is 3.16. The van der Waals surface area contributed by atoms with Crippen LogP contribution in [0.25, 0.3) is 0 Å². The van der Waals surface area contributed by atoms with Crippen LogP contribution in [0, 0.1) is 0 Å². The van der Waals surface area contributed by atoms with Gasteiger partial charge in [0.15, 0.2) is 0 Å². The minimum atomic E-state index is -0.328. The number of esters is 1. The molecular weight excluding hydrogens is 204 g/mol. The van der Waals surface area contributed by atoms with Crippen LogP contribution in [-0.4, -0.2) is 19.2 Å². The second-order valence-electron chi connectivity index (χ2n) is 3.16. The molecule has 16 heavy (non-hydrogen) atoms. The van der Waals surface area contributed by atoms with Gasteiger partial charge in [-0.05, 0) is 12.5 Å². The van der Waals surface area contributed by atoms with Crippen molar-refractivity contribution in [2.45, 2.75) is 13.5 Å². The minimum absolute atomic E-state index is 0.328. The van der Waals surface area contributed by atoms with Crippen molar-refractivity contribution >= 4 is 5.97 Å². The lowest BCUT2D eigenvalue weighted by Crippen LogP contribution is -2.00. The van der Waals surface area contributed by atoms with Gasteiger partial charge in [-0.25, -0.2) is 4.79 Å². The second kappa shape index (κ2) is 7.65. The molecule has 0 atom stereocenters. The van der Waals surface area contributed by atoms with E-state index in [1.54, 1.807) is 13.0 Å². The van der Waals surface area contributed by atoms with Gasteiger partial charge in [-0.15, -0.1) is 0 Å². The first kappa shape index (κ1) is 12.5. The molecule has 1 aromatic carbocycles. The number of benzene rings is 1. The fraction of sp³-hybridized carbons (Fsp3) is 0.308. The van der Waals surface area contributed by atoms with Crippen molar-refractivity contribution in [2.24, 2.45) is 0 Å². The summed E-state index contributed by atoms with van der Waals surface area (Å²) in [6.45, 7) is 3.13. The molecule has 0 radical (unpaired) electrons. The molecule has 3 heteroatoms. The van der Waals surface area contributed by atoms with Crippen molar-refractivity contribution in [3.63, 3.8) is 0 Å². The summed E-state index contributed by atoms with van der Waals surface area (Å²) < 4.78 is 10.1. The quantitative estimate of drug-likeness (QED) is 0.419. The molecule has 0 unspecified atom stereocenters. The van der Waals surface area contributed by atoms with Crippen molar-refractivity contribution in [1.29, 1.82) is 0 Å². The van der Waals surface area contributed by atoms with Gasteiger partial charge >= 0.3 is 5.97 Å². The standard InChI is InChI=1S/C13H16O3/c1-2-16-13(14)9-6-10-15-11-12-7-4-3-5-8-12/h3-9H,2,10-11H2,1H3/b9-6+. The van der Waals surface area contributed by atoms with E-state index in [-0.39, 0.29) is 5.97 Å². The van der Waals surface area contributed by atoms with E-state index >= 15 is 0 Å². The number of rotatable bonds is 6. The third-order valence-corrected chi connectivity index (χ3v) is 1.87. The van der Waals surface area contributed by atoms with Crippen LogP contribution in [0.3, 0.4) is 0 Å². The van der Waals surface area contributed by atoms with Gasteiger partial charge in [0.1, 0.15) is 0 Å². The fourth-order valence-corrected chi connectivity index (χ4v) is 1.15. The van der Waals surface area contributed by atoms with Crippen molar-refractivity contribution in [1.82, 2.24) is 0 Å². The van der Waals surface area contributed by atoms with E-state index in [1.807, 2.05) is 30.3 Å². The SMILES string of the molecule is CCOC(=O)/C=C/COCc1ccccc1. The molecule has 0 heterocycles. The summed E-state index contributed by atoms with van der Waals surface area (Å²) in [5, 5.41) is 0. The average molecular weight is 220 g/mol. The lowest BCUT2D eigenvalue weighted by Gasteiger charge is -2.00. The van der Waals surface area contributed by atoms with Crippen molar-refractivity contribution < 1.29 is 14.3 Å². The first-order chi connectivity index (χ1) is 7.83. The predicted octanol–water partition coefficient (Wildman–Crippen LogP) is 2.32. The molecule has 0 N–H and O–H groups in total. The third kappa shape index (κ3) is 5.32. The molecule has 0 saturated carbocycles. The molecular formula is C13H16O3. The zero-order valence-corrected chi connectivity index (χ0v) is 9.39. The van der Waals surface area contributed by atoms with Gasteiger partial charge in [-0.1, -0.05) is 36.4 Å². The Morgan fingerprint density at radius 2 is 2.06 bits per heavy atom. The molecule has 0 saturated heterocycles. The summed E-state index contributed by atoms with van der Waals surface area (Å²) in [4.78, 5) is 10.9. The lowest BCUT2D eigenvalue weighted by atomic mass is 10.2. The van der Waals surface area contributed by atoms with Gasteiger partial charge in [0.2, 0.25) is 0 Å². The molecule has 0 bridgehead atoms. The topological polar surface area (TPSA) is 35.5 Å². The maximum atomic E-state index is 10.9. The summed E-state index contributed by atoms with van der Waals surface area (Å²) in [6.07, 6.45) is 3.04. The molecule has 0 spiro atoms. The van der Waals surface area contributed by atoms with E-state index in [0.29, 0.717) is 19.8 Å². The normalized spacial score (nSPS) is 10.6. The molecule has 86 valence electrons. The van der Waals surface area contributed by atoms with Crippen molar-refractivity contribution in [2.75, 3.05) is 13.2 Å². The van der Waals surface area contributed by atoms with E-state index in [4.69, 9.17) is 9.47 Å². The van der Waals surface area contributed by atoms with Crippen molar-refractivity contribution in [3.05, 3.63) is 48.0 Å². The average Bonchev–Trinajstić information content (AvgIpc) is 2.30. The highest BCUT2D eigenvalue weighted by Crippen LogP contribution is 2.00. The number of hydrogen-bond donors (Lipinski definition) is 0. The Kier molecular flexibility index (Phi) is 5.96. The van der Waals surface area contributed by atoms with Crippen LogP contribution in [0.4, 0.5) is 0 Å². The Morgan fingerprint density at radius 1 is 1.31 bits per heavy atom. The van der Waals surface area contributed by atoms with Crippen LogP contribution >= 0.6 is 0 Å². The Labute approximate surface area is 95.7 Å². The Morgan fingerprint density at radius 3 is 2.75 bits per heavy atom. The van der Waals surface area contributed by atoms with Crippen molar-refractivity contribution in [3.8, 4) is 0 Å². The van der Waals surface area contributed by atoms with Crippen LogP contribution in [0.1, 0.15) is 12.5 Å². The smallest absolute Gasteiger partial charge is 0.330 e. The Hall–Kier alpha value is -1.61. The van der Waals surface area contributed by atoms with Crippen LogP contribution in [-0.2, 0) is 20.9 Å². The molecule has 0 aliphatic rings. The zero-order valence-electron chi connectivity index (χ0n) is 9.39. The summed E-state index contributed by atoms with van der Waals surface area (Å²) >= 11 is 0. The molecule has 1 aromatic rings. The summed E-state index contributed by atoms with van der Waals surface area (Å²) in [5.74, 6) is -0.328. The van der Waals surface area contributed by atoms with Crippen LogP contribution < -0.4 is 0 Å². The van der Waals surface area contributed by atoms with E-state index < -0.39 is 0 Å². The molecule has 0 aliphatic carbocycles. The highest BCUT2D eigenvalue weighted by Gasteiger charge is 1.93. The number of carbonyl (C=O) groups excluding carboxylic acids is 1. The predicted molar refractivity (Wildman–Crippen MR) is 61.9 cm³/mol. The van der Waals surface area contributed by atoms with E-state index in [1.165, 1.54) is 6.08 Å². The zero-order chi connectivity index (χ0) is 11.6. The van der Waals surface area contributed by atoms with E-state index in [2.05, 4.69) is 0 Å². The highest BCUT2D eigenvalue weighted by atomic mass is 16.5. The van der Waals surface area contributed by atoms with E-state index in [0.717, 1.165) is 5.56 Å². The van der Waals surface area contributed by atoms with E-state index in [9.17, 15) is 4.79 Å².